The van der Waals surface area contributed by atoms with Crippen LogP contribution in [0.1, 0.15) is 27.7 Å². The molecule has 4 nitrogen and oxygen atoms in total. The molecule has 0 fully saturated rings. The molecule has 0 saturated heterocycles. The molecule has 2 aromatic carbocycles. The fourth-order valence-corrected chi connectivity index (χ4v) is 3.19. The highest BCUT2D eigenvalue weighted by molar-refractivity contribution is 6.30. The number of nitrogens with zero attached hydrogens (tertiary/aromatic N) is 1. The van der Waals surface area contributed by atoms with Crippen LogP contribution in [-0.4, -0.2) is 10.9 Å². The number of alkyl halides is 3. The molecule has 1 amide bonds. The molecular formula is C20H13ClF3N3O. The van der Waals surface area contributed by atoms with Gasteiger partial charge in [-0.25, -0.2) is 4.98 Å². The van der Waals surface area contributed by atoms with Gasteiger partial charge >= 0.3 is 6.18 Å². The molecule has 4 rings (SSSR count). The smallest absolute Gasteiger partial charge is 0.346 e. The van der Waals surface area contributed by atoms with Crippen LogP contribution in [0, 0.1) is 0 Å². The highest BCUT2D eigenvalue weighted by Crippen LogP contribution is 2.39. The Kier molecular flexibility index (Phi) is 4.47. The molecule has 0 aliphatic carbocycles. The second-order valence-electron chi connectivity index (χ2n) is 6.24. The Balaban J connectivity index is 1.86. The van der Waals surface area contributed by atoms with Gasteiger partial charge in [0, 0.05) is 10.6 Å². The van der Waals surface area contributed by atoms with Crippen LogP contribution < -0.4 is 10.6 Å². The average Bonchev–Trinajstić information content (AvgIpc) is 2.67. The van der Waals surface area contributed by atoms with E-state index in [1.165, 1.54) is 0 Å². The van der Waals surface area contributed by atoms with E-state index >= 15 is 0 Å². The van der Waals surface area contributed by atoms with Gasteiger partial charge in [0.25, 0.3) is 5.91 Å². The van der Waals surface area contributed by atoms with Gasteiger partial charge in [0.1, 0.15) is 12.0 Å². The summed E-state index contributed by atoms with van der Waals surface area (Å²) in [6.45, 7) is 0. The quantitative estimate of drug-likeness (QED) is 0.612. The van der Waals surface area contributed by atoms with Crippen molar-refractivity contribution in [3.05, 3.63) is 82.4 Å². The second kappa shape index (κ2) is 6.83. The molecule has 8 heteroatoms. The number of aromatic nitrogens is 1. The van der Waals surface area contributed by atoms with Crippen molar-refractivity contribution in [2.75, 3.05) is 5.32 Å². The predicted octanol–water partition coefficient (Wildman–Crippen LogP) is 5.27. The van der Waals surface area contributed by atoms with Crippen LogP contribution in [0.4, 0.5) is 19.0 Å². The van der Waals surface area contributed by atoms with Crippen molar-refractivity contribution in [2.24, 2.45) is 0 Å². The topological polar surface area (TPSA) is 54.0 Å². The zero-order chi connectivity index (χ0) is 19.9. The van der Waals surface area contributed by atoms with E-state index < -0.39 is 29.4 Å². The summed E-state index contributed by atoms with van der Waals surface area (Å²) in [6, 6.07) is 16.1. The van der Waals surface area contributed by atoms with E-state index in [4.69, 9.17) is 11.6 Å². The first-order valence-electron chi connectivity index (χ1n) is 8.33. The van der Waals surface area contributed by atoms with Crippen LogP contribution in [0.5, 0.6) is 0 Å². The van der Waals surface area contributed by atoms with Crippen LogP contribution in [0.15, 0.2) is 60.7 Å². The Labute approximate surface area is 163 Å². The molecule has 2 heterocycles. The van der Waals surface area contributed by atoms with Gasteiger partial charge in [-0.05, 0) is 23.8 Å². The van der Waals surface area contributed by atoms with Crippen LogP contribution >= 0.6 is 11.6 Å². The number of nitrogens with one attached hydrogen (secondary N) is 2. The lowest BCUT2D eigenvalue weighted by Crippen LogP contribution is -2.40. The highest BCUT2D eigenvalue weighted by atomic mass is 35.5. The maximum Gasteiger partial charge on any atom is 0.417 e. The number of amides is 1. The lowest BCUT2D eigenvalue weighted by Gasteiger charge is -2.29. The molecule has 0 saturated carbocycles. The van der Waals surface area contributed by atoms with E-state index in [1.807, 2.05) is 0 Å². The van der Waals surface area contributed by atoms with Gasteiger partial charge in [-0.3, -0.25) is 4.79 Å². The number of fused-ring (bicyclic) bond motifs is 1. The van der Waals surface area contributed by atoms with Gasteiger partial charge in [-0.1, -0.05) is 54.1 Å². The lowest BCUT2D eigenvalue weighted by molar-refractivity contribution is -0.137. The minimum Gasteiger partial charge on any atom is -0.346 e. The normalized spacial score (nSPS) is 16.1. The third-order valence-corrected chi connectivity index (χ3v) is 4.63. The molecule has 1 atom stereocenters. The Morgan fingerprint density at radius 3 is 2.29 bits per heavy atom. The molecule has 1 aromatic heterocycles. The minimum atomic E-state index is -4.72. The fraction of sp³-hybridized carbons (Fsp3) is 0.100. The van der Waals surface area contributed by atoms with Crippen molar-refractivity contribution >= 4 is 23.3 Å². The summed E-state index contributed by atoms with van der Waals surface area (Å²) in [5, 5.41) is 5.93. The molecule has 1 unspecified atom stereocenters. The monoisotopic (exact) mass is 403 g/mol. The zero-order valence-corrected chi connectivity index (χ0v) is 15.0. The Morgan fingerprint density at radius 1 is 0.964 bits per heavy atom. The van der Waals surface area contributed by atoms with E-state index in [0.717, 1.165) is 6.07 Å². The first kappa shape index (κ1) is 18.3. The standard InChI is InChI=1S/C20H13ClF3N3O/c21-13-8-6-11(7-9-13)15-10-14(20(22,23)24)16-18(25-15)26-17(27-19(16)28)12-4-2-1-3-5-12/h1-10,17H,(H,25,26)(H,27,28). The maximum absolute atomic E-state index is 13.7. The van der Waals surface area contributed by atoms with Gasteiger partial charge < -0.3 is 10.6 Å². The summed E-state index contributed by atoms with van der Waals surface area (Å²) < 4.78 is 41.0. The van der Waals surface area contributed by atoms with Crippen LogP contribution in [-0.2, 0) is 6.18 Å². The number of carbonyl (C=O) groups excluding carboxylic acids is 1. The summed E-state index contributed by atoms with van der Waals surface area (Å²) in [5.41, 5.74) is -0.302. The summed E-state index contributed by atoms with van der Waals surface area (Å²) in [6.07, 6.45) is -5.40. The zero-order valence-electron chi connectivity index (χ0n) is 14.2. The highest BCUT2D eigenvalue weighted by Gasteiger charge is 2.40. The van der Waals surface area contributed by atoms with Crippen LogP contribution in [0.3, 0.4) is 0 Å². The third-order valence-electron chi connectivity index (χ3n) is 4.38. The molecule has 0 bridgehead atoms. The molecule has 28 heavy (non-hydrogen) atoms. The van der Waals surface area contributed by atoms with Crippen molar-refractivity contribution < 1.29 is 18.0 Å². The summed E-state index contributed by atoms with van der Waals surface area (Å²) >= 11 is 5.86. The largest absolute Gasteiger partial charge is 0.417 e. The molecule has 0 radical (unpaired) electrons. The predicted molar refractivity (Wildman–Crippen MR) is 100.0 cm³/mol. The number of rotatable bonds is 2. The van der Waals surface area contributed by atoms with Crippen molar-refractivity contribution in [3.63, 3.8) is 0 Å². The molecule has 0 spiro atoms. The molecule has 1 aliphatic rings. The second-order valence-corrected chi connectivity index (χ2v) is 6.68. The number of pyridine rings is 1. The Hall–Kier alpha value is -3.06. The average molecular weight is 404 g/mol. The first-order chi connectivity index (χ1) is 13.3. The van der Waals surface area contributed by atoms with Gasteiger partial charge in [-0.2, -0.15) is 13.2 Å². The van der Waals surface area contributed by atoms with Crippen molar-refractivity contribution in [3.8, 4) is 11.3 Å². The van der Waals surface area contributed by atoms with Crippen LogP contribution in [0.25, 0.3) is 11.3 Å². The van der Waals surface area contributed by atoms with Crippen molar-refractivity contribution in [2.45, 2.75) is 12.3 Å². The summed E-state index contributed by atoms with van der Waals surface area (Å²) in [4.78, 5) is 16.8. The SMILES string of the molecule is O=C1NC(c2ccccc2)Nc2nc(-c3ccc(Cl)cc3)cc(C(F)(F)F)c21. The third kappa shape index (κ3) is 3.41. The van der Waals surface area contributed by atoms with Crippen LogP contribution in [0.2, 0.25) is 5.02 Å². The van der Waals surface area contributed by atoms with Gasteiger partial charge in [-0.15, -0.1) is 0 Å². The number of carbonyl (C=O) groups is 1. The number of halogens is 4. The fourth-order valence-electron chi connectivity index (χ4n) is 3.06. The minimum absolute atomic E-state index is 0.0942. The van der Waals surface area contributed by atoms with Crippen molar-refractivity contribution in [1.29, 1.82) is 0 Å². The van der Waals surface area contributed by atoms with E-state index in [0.29, 0.717) is 16.1 Å². The van der Waals surface area contributed by atoms with E-state index in [2.05, 4.69) is 15.6 Å². The molecule has 3 aromatic rings. The number of benzene rings is 2. The summed E-state index contributed by atoms with van der Waals surface area (Å²) in [5.74, 6) is -0.942. The Bertz CT molecular complexity index is 1040. The molecule has 2 N–H and O–H groups in total. The Morgan fingerprint density at radius 2 is 1.64 bits per heavy atom. The molecular weight excluding hydrogens is 391 g/mol. The lowest BCUT2D eigenvalue weighted by atomic mass is 10.0. The molecule has 142 valence electrons. The van der Waals surface area contributed by atoms with E-state index in [1.54, 1.807) is 54.6 Å². The van der Waals surface area contributed by atoms with Crippen molar-refractivity contribution in [1.82, 2.24) is 10.3 Å². The maximum atomic E-state index is 13.7. The molecule has 1 aliphatic heterocycles. The van der Waals surface area contributed by atoms with Gasteiger partial charge in [0.2, 0.25) is 0 Å². The van der Waals surface area contributed by atoms with Gasteiger partial charge in [0.05, 0.1) is 16.8 Å². The van der Waals surface area contributed by atoms with Gasteiger partial charge in [0.15, 0.2) is 0 Å². The van der Waals surface area contributed by atoms with E-state index in [9.17, 15) is 18.0 Å². The number of anilines is 1. The number of hydrogen-bond acceptors (Lipinski definition) is 3. The first-order valence-corrected chi connectivity index (χ1v) is 8.71. The number of hydrogen-bond donors (Lipinski definition) is 2. The summed E-state index contributed by atoms with van der Waals surface area (Å²) in [7, 11) is 0. The van der Waals surface area contributed by atoms with E-state index in [-0.39, 0.29) is 11.5 Å².